The Morgan fingerprint density at radius 3 is 2.93 bits per heavy atom. The highest BCUT2D eigenvalue weighted by atomic mass is 35.5. The molecule has 0 spiro atoms. The molecule has 1 saturated carbocycles. The maximum atomic E-state index is 13.1. The summed E-state index contributed by atoms with van der Waals surface area (Å²) < 4.78 is 0. The average molecular weight is 382 g/mol. The van der Waals surface area contributed by atoms with Crippen molar-refractivity contribution < 1.29 is 9.59 Å². The van der Waals surface area contributed by atoms with E-state index < -0.39 is 0 Å². The van der Waals surface area contributed by atoms with Gasteiger partial charge in [0.15, 0.2) is 0 Å². The highest BCUT2D eigenvalue weighted by Crippen LogP contribution is 2.37. The van der Waals surface area contributed by atoms with Crippen molar-refractivity contribution in [2.75, 3.05) is 16.8 Å². The van der Waals surface area contributed by atoms with Gasteiger partial charge in [0.25, 0.3) is 0 Å². The van der Waals surface area contributed by atoms with Crippen molar-refractivity contribution in [1.82, 2.24) is 0 Å². The lowest BCUT2D eigenvalue weighted by molar-refractivity contribution is -0.122. The summed E-state index contributed by atoms with van der Waals surface area (Å²) in [6.07, 6.45) is 2.59. The van der Waals surface area contributed by atoms with Crippen LogP contribution in [0, 0.1) is 12.8 Å². The second kappa shape index (κ2) is 7.16. The molecule has 2 aromatic rings. The summed E-state index contributed by atoms with van der Waals surface area (Å²) in [4.78, 5) is 32.1. The molecule has 2 aliphatic rings. The molecule has 0 radical (unpaired) electrons. The third-order valence-corrected chi connectivity index (χ3v) is 5.49. The third kappa shape index (κ3) is 3.47. The summed E-state index contributed by atoms with van der Waals surface area (Å²) in [6.45, 7) is 1.85. The molecule has 1 N–H and O–H groups in total. The molecule has 138 valence electrons. The van der Waals surface area contributed by atoms with Crippen LogP contribution in [0.25, 0.3) is 0 Å². The number of halogens is 1. The van der Waals surface area contributed by atoms with Crippen LogP contribution >= 0.6 is 11.6 Å². The molecule has 0 saturated heterocycles. The van der Waals surface area contributed by atoms with Crippen molar-refractivity contribution in [3.05, 3.63) is 53.1 Å². The Hall–Kier alpha value is -2.66. The lowest BCUT2D eigenvalue weighted by atomic mass is 10.1. The van der Waals surface area contributed by atoms with E-state index in [0.717, 1.165) is 36.2 Å². The van der Waals surface area contributed by atoms with Crippen molar-refractivity contribution in [2.45, 2.75) is 26.2 Å². The van der Waals surface area contributed by atoms with E-state index in [1.54, 1.807) is 17.0 Å². The largest absolute Gasteiger partial charge is 0.324 e. The normalized spacial score (nSPS) is 18.4. The monoisotopic (exact) mass is 381 g/mol. The van der Waals surface area contributed by atoms with Gasteiger partial charge in [-0.15, -0.1) is 0 Å². The van der Waals surface area contributed by atoms with Gasteiger partial charge in [0.05, 0.1) is 17.3 Å². The number of hydrogen-bond acceptors (Lipinski definition) is 3. The molecule has 1 fully saturated rings. The van der Waals surface area contributed by atoms with Gasteiger partial charge in [-0.05, 0) is 56.0 Å². The molecule has 0 bridgehead atoms. The molecular formula is C21H20ClN3O2. The lowest BCUT2D eigenvalue weighted by Gasteiger charge is -2.24. The van der Waals surface area contributed by atoms with Crippen LogP contribution in [-0.2, 0) is 9.59 Å². The molecular weight excluding hydrogens is 362 g/mol. The number of para-hydroxylation sites is 2. The predicted octanol–water partition coefficient (Wildman–Crippen LogP) is 4.51. The van der Waals surface area contributed by atoms with E-state index in [-0.39, 0.29) is 24.3 Å². The van der Waals surface area contributed by atoms with Gasteiger partial charge in [-0.2, -0.15) is 0 Å². The molecule has 1 unspecified atom stereocenters. The highest BCUT2D eigenvalue weighted by molar-refractivity contribution is 6.31. The fraction of sp³-hybridized carbons (Fsp3) is 0.286. The summed E-state index contributed by atoms with van der Waals surface area (Å²) >= 11 is 6.13. The number of benzene rings is 2. The second-order valence-electron chi connectivity index (χ2n) is 6.97. The van der Waals surface area contributed by atoms with Gasteiger partial charge in [-0.3, -0.25) is 14.6 Å². The molecule has 0 aromatic heterocycles. The van der Waals surface area contributed by atoms with Crippen molar-refractivity contribution in [2.24, 2.45) is 10.9 Å². The molecule has 6 heteroatoms. The smallest absolute Gasteiger partial charge is 0.244 e. The predicted molar refractivity (Wildman–Crippen MR) is 108 cm³/mol. The van der Waals surface area contributed by atoms with Gasteiger partial charge >= 0.3 is 0 Å². The van der Waals surface area contributed by atoms with Crippen LogP contribution in [0.3, 0.4) is 0 Å². The number of aliphatic imine (C=N–C) groups is 1. The first kappa shape index (κ1) is 17.7. The molecule has 27 heavy (non-hydrogen) atoms. The Bertz CT molecular complexity index is 954. The van der Waals surface area contributed by atoms with E-state index in [2.05, 4.69) is 5.32 Å². The number of nitrogens with zero attached hydrogens (tertiary/aromatic N) is 2. The first-order valence-electron chi connectivity index (χ1n) is 9.07. The van der Waals surface area contributed by atoms with Gasteiger partial charge in [0.1, 0.15) is 6.54 Å². The molecule has 1 aliphatic carbocycles. The number of fused-ring (bicyclic) bond motifs is 2. The maximum Gasteiger partial charge on any atom is 0.244 e. The summed E-state index contributed by atoms with van der Waals surface area (Å²) in [7, 11) is 0. The molecule has 1 heterocycles. The Morgan fingerprint density at radius 1 is 1.30 bits per heavy atom. The van der Waals surface area contributed by atoms with E-state index in [9.17, 15) is 9.59 Å². The number of amides is 2. The van der Waals surface area contributed by atoms with E-state index >= 15 is 0 Å². The zero-order chi connectivity index (χ0) is 19.0. The number of aryl methyl sites for hydroxylation is 1. The first-order valence-corrected chi connectivity index (χ1v) is 9.44. The number of rotatable bonds is 3. The number of anilines is 2. The van der Waals surface area contributed by atoms with Gasteiger partial charge in [0.2, 0.25) is 11.8 Å². The maximum absolute atomic E-state index is 13.1. The Balaban J connectivity index is 1.59. The van der Waals surface area contributed by atoms with E-state index in [4.69, 9.17) is 16.6 Å². The van der Waals surface area contributed by atoms with Crippen LogP contribution in [0.2, 0.25) is 5.02 Å². The number of hydrogen-bond donors (Lipinski definition) is 1. The standard InChI is InChI=1S/C21H20ClN3O2/c1-13-9-10-14(11-16(13)22)23-20(26)12-25-19-8-3-2-6-18(19)24-17-7-4-5-15(17)21(25)27/h2-3,6,8-11,15H,4-5,7,12H2,1H3,(H,23,26). The van der Waals surface area contributed by atoms with Crippen molar-refractivity contribution in [1.29, 1.82) is 0 Å². The minimum Gasteiger partial charge on any atom is -0.324 e. The van der Waals surface area contributed by atoms with Gasteiger partial charge in [-0.1, -0.05) is 29.8 Å². The molecule has 1 aliphatic heterocycles. The molecule has 1 atom stereocenters. The van der Waals surface area contributed by atoms with Crippen molar-refractivity contribution in [3.63, 3.8) is 0 Å². The number of carbonyl (C=O) groups excluding carboxylic acids is 2. The zero-order valence-electron chi connectivity index (χ0n) is 15.0. The van der Waals surface area contributed by atoms with Crippen LogP contribution in [-0.4, -0.2) is 24.1 Å². The summed E-state index contributed by atoms with van der Waals surface area (Å²) in [5, 5.41) is 3.42. The van der Waals surface area contributed by atoms with Crippen LogP contribution in [0.5, 0.6) is 0 Å². The number of nitrogens with one attached hydrogen (secondary N) is 1. The van der Waals surface area contributed by atoms with Crippen molar-refractivity contribution in [3.8, 4) is 0 Å². The van der Waals surface area contributed by atoms with E-state index in [0.29, 0.717) is 16.4 Å². The topological polar surface area (TPSA) is 61.8 Å². The minimum atomic E-state index is -0.264. The summed E-state index contributed by atoms with van der Waals surface area (Å²) in [5.41, 5.74) is 3.92. The Labute approximate surface area is 163 Å². The van der Waals surface area contributed by atoms with E-state index in [1.807, 2.05) is 37.3 Å². The highest BCUT2D eigenvalue weighted by Gasteiger charge is 2.37. The Kier molecular flexibility index (Phi) is 4.70. The van der Waals surface area contributed by atoms with Crippen molar-refractivity contribution >= 4 is 46.2 Å². The van der Waals surface area contributed by atoms with Crippen LogP contribution in [0.4, 0.5) is 17.1 Å². The summed E-state index contributed by atoms with van der Waals surface area (Å²) in [6, 6.07) is 12.9. The fourth-order valence-corrected chi connectivity index (χ4v) is 3.83. The molecule has 5 nitrogen and oxygen atoms in total. The summed E-state index contributed by atoms with van der Waals surface area (Å²) in [5.74, 6) is -0.535. The van der Waals surface area contributed by atoms with E-state index in [1.165, 1.54) is 0 Å². The lowest BCUT2D eigenvalue weighted by Crippen LogP contribution is -2.41. The molecule has 2 aromatic carbocycles. The third-order valence-electron chi connectivity index (χ3n) is 5.09. The fourth-order valence-electron chi connectivity index (χ4n) is 3.65. The minimum absolute atomic E-state index is 0.0479. The first-order chi connectivity index (χ1) is 13.0. The second-order valence-corrected chi connectivity index (χ2v) is 7.38. The van der Waals surface area contributed by atoms with Gasteiger partial charge in [0, 0.05) is 16.4 Å². The SMILES string of the molecule is Cc1ccc(NC(=O)CN2C(=O)C3CCCC3=Nc3ccccc32)cc1Cl. The zero-order valence-corrected chi connectivity index (χ0v) is 15.8. The molecule has 4 rings (SSSR count). The van der Waals surface area contributed by atoms with Gasteiger partial charge in [-0.25, -0.2) is 0 Å². The number of carbonyl (C=O) groups is 2. The Morgan fingerprint density at radius 2 is 2.11 bits per heavy atom. The van der Waals surface area contributed by atoms with Crippen LogP contribution in [0.15, 0.2) is 47.5 Å². The average Bonchev–Trinajstić information content (AvgIpc) is 3.07. The molecule has 2 amide bonds. The van der Waals surface area contributed by atoms with Crippen LogP contribution in [0.1, 0.15) is 24.8 Å². The van der Waals surface area contributed by atoms with Gasteiger partial charge < -0.3 is 10.2 Å². The van der Waals surface area contributed by atoms with Crippen LogP contribution < -0.4 is 10.2 Å². The quantitative estimate of drug-likeness (QED) is 0.850.